The predicted octanol–water partition coefficient (Wildman–Crippen LogP) is 3.47. The van der Waals surface area contributed by atoms with E-state index in [2.05, 4.69) is 10.5 Å². The summed E-state index contributed by atoms with van der Waals surface area (Å²) < 4.78 is 5.58. The number of nitro groups is 1. The van der Waals surface area contributed by atoms with Gasteiger partial charge in [-0.15, -0.1) is 0 Å². The number of hydrogen-bond acceptors (Lipinski definition) is 5. The molecular formula is C17H16ClN3O4. The van der Waals surface area contributed by atoms with Crippen molar-refractivity contribution in [1.82, 2.24) is 5.43 Å². The third-order valence-corrected chi connectivity index (χ3v) is 3.51. The second-order valence-corrected chi connectivity index (χ2v) is 5.69. The molecule has 0 aliphatic heterocycles. The Morgan fingerprint density at radius 2 is 2.12 bits per heavy atom. The fourth-order valence-corrected chi connectivity index (χ4v) is 2.20. The van der Waals surface area contributed by atoms with Gasteiger partial charge in [-0.3, -0.25) is 14.9 Å². The van der Waals surface area contributed by atoms with E-state index in [9.17, 15) is 14.9 Å². The van der Waals surface area contributed by atoms with Crippen LogP contribution in [0.5, 0.6) is 5.75 Å². The summed E-state index contributed by atoms with van der Waals surface area (Å²) in [7, 11) is 0. The molecule has 0 spiro atoms. The molecule has 1 atom stereocenters. The van der Waals surface area contributed by atoms with Crippen LogP contribution in [-0.4, -0.2) is 23.1 Å². The van der Waals surface area contributed by atoms with E-state index in [0.717, 1.165) is 5.56 Å². The Morgan fingerprint density at radius 3 is 2.80 bits per heavy atom. The maximum Gasteiger partial charge on any atom is 0.280 e. The van der Waals surface area contributed by atoms with Crippen LogP contribution in [0.1, 0.15) is 18.1 Å². The summed E-state index contributed by atoms with van der Waals surface area (Å²) in [6.07, 6.45) is 0.549. The van der Waals surface area contributed by atoms with Crippen molar-refractivity contribution >= 4 is 29.4 Å². The summed E-state index contributed by atoms with van der Waals surface area (Å²) in [4.78, 5) is 22.2. The molecule has 2 rings (SSSR count). The van der Waals surface area contributed by atoms with E-state index in [1.54, 1.807) is 31.2 Å². The largest absolute Gasteiger partial charge is 0.481 e. The lowest BCUT2D eigenvalue weighted by Crippen LogP contribution is -2.33. The van der Waals surface area contributed by atoms with Crippen molar-refractivity contribution in [1.29, 1.82) is 0 Å². The summed E-state index contributed by atoms with van der Waals surface area (Å²) in [5, 5.41) is 15.1. The lowest BCUT2D eigenvalue weighted by atomic mass is 10.2. The molecule has 0 aliphatic rings. The second-order valence-electron chi connectivity index (χ2n) is 5.26. The molecule has 8 heteroatoms. The predicted molar refractivity (Wildman–Crippen MR) is 95.1 cm³/mol. The maximum absolute atomic E-state index is 12.0. The average Bonchev–Trinajstić information content (AvgIpc) is 2.57. The summed E-state index contributed by atoms with van der Waals surface area (Å²) >= 11 is 5.88. The number of nitrogens with one attached hydrogen (secondary N) is 1. The Balaban J connectivity index is 1.95. The van der Waals surface area contributed by atoms with Crippen molar-refractivity contribution in [3.05, 3.63) is 68.7 Å². The highest BCUT2D eigenvalue weighted by atomic mass is 35.5. The minimum Gasteiger partial charge on any atom is -0.481 e. The second kappa shape index (κ2) is 8.25. The molecule has 7 nitrogen and oxygen atoms in total. The fraction of sp³-hybridized carbons (Fsp3) is 0.176. The smallest absolute Gasteiger partial charge is 0.280 e. The van der Waals surface area contributed by atoms with Gasteiger partial charge in [-0.2, -0.15) is 5.10 Å². The molecule has 1 unspecified atom stereocenters. The van der Waals surface area contributed by atoms with Gasteiger partial charge in [0.25, 0.3) is 11.6 Å². The first-order valence-electron chi connectivity index (χ1n) is 7.37. The van der Waals surface area contributed by atoms with Crippen molar-refractivity contribution in [2.24, 2.45) is 5.10 Å². The maximum atomic E-state index is 12.0. The van der Waals surface area contributed by atoms with Gasteiger partial charge in [0.1, 0.15) is 5.75 Å². The molecular weight excluding hydrogens is 346 g/mol. The number of hydrogen-bond donors (Lipinski definition) is 1. The van der Waals surface area contributed by atoms with E-state index in [0.29, 0.717) is 16.3 Å². The SMILES string of the molecule is Cc1cc(Cl)ccc1OC(C)C(=O)N/N=C/c1cccc([N+](=O)[O-])c1. The van der Waals surface area contributed by atoms with Crippen LogP contribution in [-0.2, 0) is 4.79 Å². The van der Waals surface area contributed by atoms with Crippen LogP contribution in [0.2, 0.25) is 5.02 Å². The number of hydrazone groups is 1. The molecule has 130 valence electrons. The van der Waals surface area contributed by atoms with E-state index in [4.69, 9.17) is 16.3 Å². The molecule has 1 N–H and O–H groups in total. The van der Waals surface area contributed by atoms with Gasteiger partial charge in [-0.25, -0.2) is 5.43 Å². The van der Waals surface area contributed by atoms with Gasteiger partial charge < -0.3 is 4.74 Å². The Kier molecular flexibility index (Phi) is 6.08. The van der Waals surface area contributed by atoms with Crippen LogP contribution in [0, 0.1) is 17.0 Å². The van der Waals surface area contributed by atoms with E-state index in [-0.39, 0.29) is 5.69 Å². The van der Waals surface area contributed by atoms with Gasteiger partial charge in [0.05, 0.1) is 11.1 Å². The van der Waals surface area contributed by atoms with Crippen molar-refractivity contribution in [2.75, 3.05) is 0 Å². The quantitative estimate of drug-likeness (QED) is 0.484. The van der Waals surface area contributed by atoms with Crippen LogP contribution >= 0.6 is 11.6 Å². The summed E-state index contributed by atoms with van der Waals surface area (Å²) in [5.41, 5.74) is 3.60. The molecule has 0 bridgehead atoms. The van der Waals surface area contributed by atoms with E-state index >= 15 is 0 Å². The highest BCUT2D eigenvalue weighted by Crippen LogP contribution is 2.22. The average molecular weight is 362 g/mol. The van der Waals surface area contributed by atoms with Gasteiger partial charge in [-0.1, -0.05) is 23.7 Å². The molecule has 0 aromatic heterocycles. The van der Waals surface area contributed by atoms with Crippen molar-refractivity contribution in [2.45, 2.75) is 20.0 Å². The number of non-ortho nitro benzene ring substituents is 1. The van der Waals surface area contributed by atoms with Crippen molar-refractivity contribution < 1.29 is 14.5 Å². The Labute approximate surface area is 149 Å². The topological polar surface area (TPSA) is 93.8 Å². The minimum atomic E-state index is -0.776. The number of nitro benzene ring substituents is 1. The van der Waals surface area contributed by atoms with Gasteiger partial charge in [0.2, 0.25) is 0 Å². The highest BCUT2D eigenvalue weighted by Gasteiger charge is 2.15. The molecule has 0 aliphatic carbocycles. The first kappa shape index (κ1) is 18.4. The van der Waals surface area contributed by atoms with E-state index in [1.165, 1.54) is 24.4 Å². The van der Waals surface area contributed by atoms with Crippen LogP contribution < -0.4 is 10.2 Å². The van der Waals surface area contributed by atoms with Crippen molar-refractivity contribution in [3.8, 4) is 5.75 Å². The zero-order valence-electron chi connectivity index (χ0n) is 13.6. The number of aryl methyl sites for hydroxylation is 1. The first-order valence-corrected chi connectivity index (χ1v) is 7.75. The van der Waals surface area contributed by atoms with Gasteiger partial charge in [0.15, 0.2) is 6.10 Å². The van der Waals surface area contributed by atoms with Crippen molar-refractivity contribution in [3.63, 3.8) is 0 Å². The Morgan fingerprint density at radius 1 is 1.36 bits per heavy atom. The highest BCUT2D eigenvalue weighted by molar-refractivity contribution is 6.30. The normalized spacial score (nSPS) is 12.0. The number of nitrogens with zero attached hydrogens (tertiary/aromatic N) is 2. The monoisotopic (exact) mass is 361 g/mol. The molecule has 2 aromatic rings. The molecule has 0 heterocycles. The van der Waals surface area contributed by atoms with Crippen LogP contribution in [0.25, 0.3) is 0 Å². The third kappa shape index (κ3) is 5.29. The number of carbonyl (C=O) groups is 1. The molecule has 0 radical (unpaired) electrons. The lowest BCUT2D eigenvalue weighted by Gasteiger charge is -2.14. The minimum absolute atomic E-state index is 0.0507. The molecule has 0 saturated heterocycles. The molecule has 0 saturated carbocycles. The van der Waals surface area contributed by atoms with Crippen LogP contribution in [0.4, 0.5) is 5.69 Å². The summed E-state index contributed by atoms with van der Waals surface area (Å²) in [6, 6.07) is 11.0. The number of ether oxygens (including phenoxy) is 1. The number of amides is 1. The summed E-state index contributed by atoms with van der Waals surface area (Å²) in [6.45, 7) is 3.42. The first-order chi connectivity index (χ1) is 11.9. The van der Waals surface area contributed by atoms with E-state index in [1.807, 2.05) is 6.92 Å². The van der Waals surface area contributed by atoms with Gasteiger partial charge in [0, 0.05) is 22.7 Å². The molecule has 0 fully saturated rings. The summed E-state index contributed by atoms with van der Waals surface area (Å²) in [5.74, 6) is 0.103. The molecule has 2 aromatic carbocycles. The zero-order valence-corrected chi connectivity index (χ0v) is 14.4. The number of rotatable bonds is 6. The van der Waals surface area contributed by atoms with E-state index < -0.39 is 16.9 Å². The molecule has 1 amide bonds. The van der Waals surface area contributed by atoms with Gasteiger partial charge >= 0.3 is 0 Å². The standard InChI is InChI=1S/C17H16ClN3O4/c1-11-8-14(18)6-7-16(11)25-12(2)17(22)20-19-10-13-4-3-5-15(9-13)21(23)24/h3-10,12H,1-2H3,(H,20,22)/b19-10+. The number of carbonyl (C=O) groups excluding carboxylic acids is 1. The lowest BCUT2D eigenvalue weighted by molar-refractivity contribution is -0.384. The van der Waals surface area contributed by atoms with Gasteiger partial charge in [-0.05, 0) is 37.6 Å². The Hall–Kier alpha value is -2.93. The Bertz CT molecular complexity index is 823. The van der Waals surface area contributed by atoms with Crippen LogP contribution in [0.15, 0.2) is 47.6 Å². The number of benzene rings is 2. The van der Waals surface area contributed by atoms with Crippen LogP contribution in [0.3, 0.4) is 0 Å². The third-order valence-electron chi connectivity index (χ3n) is 3.28. The fourth-order valence-electron chi connectivity index (χ4n) is 1.97. The zero-order chi connectivity index (χ0) is 18.4. The number of halogens is 1. The molecule has 25 heavy (non-hydrogen) atoms.